The summed E-state index contributed by atoms with van der Waals surface area (Å²) in [7, 11) is 0. The Kier molecular flexibility index (Phi) is 9.00. The molecule has 2 unspecified atom stereocenters. The largest absolute Gasteiger partial charge is 0.494 e. The van der Waals surface area contributed by atoms with E-state index in [1.807, 2.05) is 19.1 Å². The highest BCUT2D eigenvalue weighted by molar-refractivity contribution is 5.70. The van der Waals surface area contributed by atoms with Crippen LogP contribution in [0.15, 0.2) is 48.5 Å². The van der Waals surface area contributed by atoms with Gasteiger partial charge in [0.05, 0.1) is 5.69 Å². The van der Waals surface area contributed by atoms with Gasteiger partial charge in [0.2, 0.25) is 11.8 Å². The Morgan fingerprint density at radius 1 is 0.872 bits per heavy atom. The van der Waals surface area contributed by atoms with E-state index in [9.17, 15) is 19.8 Å². The predicted molar refractivity (Wildman–Crippen MR) is 150 cm³/mol. The topological polar surface area (TPSA) is 98.0 Å². The summed E-state index contributed by atoms with van der Waals surface area (Å²) in [5.74, 6) is 0.950. The lowest BCUT2D eigenvalue weighted by atomic mass is 9.72. The third kappa shape index (κ3) is 6.47. The summed E-state index contributed by atoms with van der Waals surface area (Å²) in [6.45, 7) is 6.78. The molecule has 1 aliphatic carbocycles. The standard InChI is InChI=1S/C32H39NO6/c1-5-23(24-9-7-6-8-10-24)19-29(25-11-15-27(16-12-25)38-21(3)34)30-20(2)31(36)33(32(30)37)26-13-17-28(18-14-26)39-22(4)35/h11-18,23-24,29,36-37H,5-10,19H2,1-4H3. The number of carbonyl (C=O) groups excluding carboxylic acids is 2. The number of benzene rings is 2. The summed E-state index contributed by atoms with van der Waals surface area (Å²) < 4.78 is 11.8. The molecule has 0 saturated heterocycles. The molecule has 4 rings (SSSR count). The molecular weight excluding hydrogens is 494 g/mol. The average molecular weight is 534 g/mol. The Bertz CT molecular complexity index is 1290. The summed E-state index contributed by atoms with van der Waals surface area (Å²) in [6.07, 6.45) is 8.13. The van der Waals surface area contributed by atoms with Gasteiger partial charge in [-0.25, -0.2) is 0 Å². The zero-order chi connectivity index (χ0) is 28.1. The number of rotatable bonds is 9. The Morgan fingerprint density at radius 3 is 1.92 bits per heavy atom. The molecule has 208 valence electrons. The normalized spacial score (nSPS) is 15.5. The van der Waals surface area contributed by atoms with Crippen LogP contribution in [0, 0.1) is 18.8 Å². The summed E-state index contributed by atoms with van der Waals surface area (Å²) in [4.78, 5) is 22.7. The molecule has 0 amide bonds. The minimum Gasteiger partial charge on any atom is -0.494 e. The molecule has 2 atom stereocenters. The molecule has 2 aromatic carbocycles. The Morgan fingerprint density at radius 2 is 1.41 bits per heavy atom. The molecule has 1 saturated carbocycles. The van der Waals surface area contributed by atoms with E-state index in [-0.39, 0.29) is 23.6 Å². The van der Waals surface area contributed by atoms with Crippen LogP contribution in [-0.2, 0) is 9.59 Å². The van der Waals surface area contributed by atoms with Gasteiger partial charge in [0.15, 0.2) is 0 Å². The van der Waals surface area contributed by atoms with E-state index in [2.05, 4.69) is 6.92 Å². The van der Waals surface area contributed by atoms with Crippen molar-refractivity contribution >= 4 is 11.9 Å². The molecule has 7 heteroatoms. The third-order valence-corrected chi connectivity index (χ3v) is 8.03. The first kappa shape index (κ1) is 28.3. The van der Waals surface area contributed by atoms with Crippen LogP contribution in [0.2, 0.25) is 0 Å². The summed E-state index contributed by atoms with van der Waals surface area (Å²) in [5.41, 5.74) is 2.84. The van der Waals surface area contributed by atoms with E-state index in [0.29, 0.717) is 40.1 Å². The minimum absolute atomic E-state index is 0.0159. The fourth-order valence-electron chi connectivity index (χ4n) is 6.12. The van der Waals surface area contributed by atoms with Crippen molar-refractivity contribution in [3.05, 3.63) is 65.2 Å². The molecule has 0 bridgehead atoms. The van der Waals surface area contributed by atoms with Crippen molar-refractivity contribution in [2.24, 2.45) is 11.8 Å². The van der Waals surface area contributed by atoms with Crippen LogP contribution in [0.4, 0.5) is 0 Å². The second-order valence-corrected chi connectivity index (χ2v) is 10.6. The van der Waals surface area contributed by atoms with E-state index in [0.717, 1.165) is 18.4 Å². The minimum atomic E-state index is -0.418. The molecule has 0 aliphatic heterocycles. The fraction of sp³-hybridized carbons (Fsp3) is 0.438. The molecule has 1 heterocycles. The lowest BCUT2D eigenvalue weighted by molar-refractivity contribution is -0.132. The van der Waals surface area contributed by atoms with E-state index >= 15 is 0 Å². The molecule has 0 radical (unpaired) electrons. The van der Waals surface area contributed by atoms with Crippen molar-refractivity contribution in [2.45, 2.75) is 78.6 Å². The second-order valence-electron chi connectivity index (χ2n) is 10.6. The molecule has 2 N–H and O–H groups in total. The quantitative estimate of drug-likeness (QED) is 0.223. The number of hydrogen-bond acceptors (Lipinski definition) is 6. The van der Waals surface area contributed by atoms with Gasteiger partial charge < -0.3 is 19.7 Å². The van der Waals surface area contributed by atoms with Crippen molar-refractivity contribution in [1.82, 2.24) is 4.57 Å². The first-order valence-corrected chi connectivity index (χ1v) is 13.9. The number of nitrogens with zero attached hydrogens (tertiary/aromatic N) is 1. The van der Waals surface area contributed by atoms with Gasteiger partial charge in [-0.15, -0.1) is 0 Å². The SMILES string of the molecule is CCC(CC(c1ccc(OC(C)=O)cc1)c1c(C)c(O)n(-c2ccc(OC(C)=O)cc2)c1O)C1CCCCC1. The van der Waals surface area contributed by atoms with Gasteiger partial charge in [-0.3, -0.25) is 14.2 Å². The number of carbonyl (C=O) groups is 2. The van der Waals surface area contributed by atoms with Crippen molar-refractivity contribution in [2.75, 3.05) is 0 Å². The summed E-state index contributed by atoms with van der Waals surface area (Å²) in [6, 6.07) is 14.1. The van der Waals surface area contributed by atoms with Crippen LogP contribution in [0.25, 0.3) is 5.69 Å². The van der Waals surface area contributed by atoms with Crippen molar-refractivity contribution in [3.63, 3.8) is 0 Å². The van der Waals surface area contributed by atoms with Crippen molar-refractivity contribution in [3.8, 4) is 28.9 Å². The van der Waals surface area contributed by atoms with E-state index in [1.165, 1.54) is 50.5 Å². The van der Waals surface area contributed by atoms with Crippen LogP contribution < -0.4 is 9.47 Å². The number of hydrogen-bond donors (Lipinski definition) is 2. The van der Waals surface area contributed by atoms with Crippen LogP contribution in [0.3, 0.4) is 0 Å². The zero-order valence-electron chi connectivity index (χ0n) is 23.3. The number of ether oxygens (including phenoxy) is 2. The summed E-state index contributed by atoms with van der Waals surface area (Å²) >= 11 is 0. The Hall–Kier alpha value is -3.74. The van der Waals surface area contributed by atoms with E-state index in [4.69, 9.17) is 9.47 Å². The first-order valence-electron chi connectivity index (χ1n) is 13.9. The maximum Gasteiger partial charge on any atom is 0.308 e. The van der Waals surface area contributed by atoms with Crippen LogP contribution in [0.1, 0.15) is 88.3 Å². The molecule has 1 aliphatic rings. The Balaban J connectivity index is 1.76. The number of esters is 2. The maximum atomic E-state index is 11.6. The van der Waals surface area contributed by atoms with Crippen molar-refractivity contribution in [1.29, 1.82) is 0 Å². The average Bonchev–Trinajstić information content (AvgIpc) is 3.13. The molecule has 1 fully saturated rings. The molecular formula is C32H39NO6. The third-order valence-electron chi connectivity index (χ3n) is 8.03. The van der Waals surface area contributed by atoms with Gasteiger partial charge in [-0.05, 0) is 67.1 Å². The predicted octanol–water partition coefficient (Wildman–Crippen LogP) is 7.18. The van der Waals surface area contributed by atoms with Crippen LogP contribution in [-0.4, -0.2) is 26.7 Å². The van der Waals surface area contributed by atoms with E-state index < -0.39 is 5.97 Å². The van der Waals surface area contributed by atoms with Crippen LogP contribution in [0.5, 0.6) is 23.3 Å². The second kappa shape index (κ2) is 12.4. The monoisotopic (exact) mass is 533 g/mol. The molecule has 0 spiro atoms. The highest BCUT2D eigenvalue weighted by Gasteiger charge is 2.32. The van der Waals surface area contributed by atoms with Crippen molar-refractivity contribution < 1.29 is 29.3 Å². The molecule has 3 aromatic rings. The number of aromatic hydroxyl groups is 2. The highest BCUT2D eigenvalue weighted by atomic mass is 16.5. The lowest BCUT2D eigenvalue weighted by Crippen LogP contribution is -2.20. The molecule has 7 nitrogen and oxygen atoms in total. The zero-order valence-corrected chi connectivity index (χ0v) is 23.3. The lowest BCUT2D eigenvalue weighted by Gasteiger charge is -2.32. The number of aromatic nitrogens is 1. The van der Waals surface area contributed by atoms with Crippen LogP contribution >= 0.6 is 0 Å². The highest BCUT2D eigenvalue weighted by Crippen LogP contribution is 2.47. The van der Waals surface area contributed by atoms with E-state index in [1.54, 1.807) is 36.4 Å². The fourth-order valence-corrected chi connectivity index (χ4v) is 6.12. The van der Waals surface area contributed by atoms with Gasteiger partial charge in [0.25, 0.3) is 0 Å². The van der Waals surface area contributed by atoms with Gasteiger partial charge >= 0.3 is 11.9 Å². The molecule has 39 heavy (non-hydrogen) atoms. The maximum absolute atomic E-state index is 11.6. The first-order chi connectivity index (χ1) is 18.7. The van der Waals surface area contributed by atoms with Gasteiger partial charge in [0, 0.05) is 30.9 Å². The molecule has 1 aromatic heterocycles. The van der Waals surface area contributed by atoms with Gasteiger partial charge in [-0.1, -0.05) is 57.6 Å². The van der Waals surface area contributed by atoms with Gasteiger partial charge in [0.1, 0.15) is 11.5 Å². The Labute approximate surface area is 230 Å². The summed E-state index contributed by atoms with van der Waals surface area (Å²) in [5, 5.41) is 22.8. The van der Waals surface area contributed by atoms with Gasteiger partial charge in [-0.2, -0.15) is 0 Å². The smallest absolute Gasteiger partial charge is 0.308 e.